The fraction of sp³-hybridized carbons (Fsp3) is 0.789. The maximum Gasteiger partial charge on any atom is 0.191 e. The fourth-order valence-electron chi connectivity index (χ4n) is 3.68. The first kappa shape index (κ1) is 19.8. The number of likely N-dealkylation sites (tertiary alicyclic amines) is 1. The Bertz CT molecular complexity index is 563. The Kier molecular flexibility index (Phi) is 7.75. The summed E-state index contributed by atoms with van der Waals surface area (Å²) in [4.78, 5) is 7.40. The third kappa shape index (κ3) is 5.46. The van der Waals surface area contributed by atoms with E-state index in [0.717, 1.165) is 37.3 Å². The number of nitrogens with zero attached hydrogens (tertiary/aromatic N) is 4. The van der Waals surface area contributed by atoms with Gasteiger partial charge in [-0.05, 0) is 46.6 Å². The van der Waals surface area contributed by atoms with Gasteiger partial charge in [0.1, 0.15) is 0 Å². The molecule has 142 valence electrons. The highest BCUT2D eigenvalue weighted by molar-refractivity contribution is 5.79. The highest BCUT2D eigenvalue weighted by atomic mass is 15.3. The molecule has 0 amide bonds. The van der Waals surface area contributed by atoms with Crippen LogP contribution in [0, 0.1) is 13.8 Å². The minimum atomic E-state index is 0.669. The van der Waals surface area contributed by atoms with Crippen molar-refractivity contribution in [3.8, 4) is 0 Å². The molecule has 0 saturated carbocycles. The van der Waals surface area contributed by atoms with E-state index in [0.29, 0.717) is 6.54 Å². The number of hydrogen-bond donors (Lipinski definition) is 2. The van der Waals surface area contributed by atoms with Gasteiger partial charge in [0.25, 0.3) is 0 Å². The molecule has 2 heterocycles. The molecule has 0 spiro atoms. The molecule has 0 bridgehead atoms. The Morgan fingerprint density at radius 3 is 2.68 bits per heavy atom. The van der Waals surface area contributed by atoms with E-state index < -0.39 is 0 Å². The molecule has 6 nitrogen and oxygen atoms in total. The molecule has 1 unspecified atom stereocenters. The molecule has 6 heteroatoms. The fourth-order valence-corrected chi connectivity index (χ4v) is 3.68. The number of hydrogen-bond acceptors (Lipinski definition) is 3. The summed E-state index contributed by atoms with van der Waals surface area (Å²) in [5.41, 5.74) is 3.48. The maximum absolute atomic E-state index is 4.76. The van der Waals surface area contributed by atoms with Gasteiger partial charge in [-0.1, -0.05) is 13.3 Å². The van der Waals surface area contributed by atoms with Crippen LogP contribution in [0.4, 0.5) is 0 Å². The van der Waals surface area contributed by atoms with Crippen molar-refractivity contribution in [3.05, 3.63) is 17.0 Å². The standard InChI is InChI=1S/C19H36N6/c1-6-17-10-8-9-12-25(17)13-11-21-19(20-7-2)22-14-18-15(3)23-24(5)16(18)4/h17H,6-14H2,1-5H3,(H2,20,21,22). The van der Waals surface area contributed by atoms with E-state index in [1.165, 1.54) is 43.5 Å². The van der Waals surface area contributed by atoms with Crippen molar-refractivity contribution in [1.82, 2.24) is 25.3 Å². The summed E-state index contributed by atoms with van der Waals surface area (Å²) in [5, 5.41) is 11.3. The number of aryl methyl sites for hydroxylation is 2. The quantitative estimate of drug-likeness (QED) is 0.587. The van der Waals surface area contributed by atoms with E-state index in [1.54, 1.807) is 0 Å². The molecule has 0 radical (unpaired) electrons. The molecule has 1 aromatic heterocycles. The van der Waals surface area contributed by atoms with Gasteiger partial charge in [-0.15, -0.1) is 0 Å². The van der Waals surface area contributed by atoms with Gasteiger partial charge in [0.2, 0.25) is 0 Å². The van der Waals surface area contributed by atoms with Crippen molar-refractivity contribution in [2.45, 2.75) is 66.0 Å². The first-order valence-corrected chi connectivity index (χ1v) is 9.82. The third-order valence-electron chi connectivity index (χ3n) is 5.31. The molecule has 1 aliphatic rings. The molecule has 1 fully saturated rings. The normalized spacial score (nSPS) is 19.2. The zero-order chi connectivity index (χ0) is 18.2. The van der Waals surface area contributed by atoms with E-state index in [9.17, 15) is 0 Å². The van der Waals surface area contributed by atoms with Crippen LogP contribution in [-0.2, 0) is 13.6 Å². The first-order valence-electron chi connectivity index (χ1n) is 9.82. The SMILES string of the molecule is CCNC(=NCc1c(C)nn(C)c1C)NCCN1CCCCC1CC. The van der Waals surface area contributed by atoms with Gasteiger partial charge in [-0.2, -0.15) is 5.10 Å². The molecule has 0 aliphatic carbocycles. The van der Waals surface area contributed by atoms with Crippen molar-refractivity contribution in [3.63, 3.8) is 0 Å². The van der Waals surface area contributed by atoms with Crippen LogP contribution in [-0.4, -0.2) is 52.9 Å². The number of aliphatic imine (C=N–C) groups is 1. The molecule has 2 rings (SSSR count). The molecule has 1 aliphatic heterocycles. The molecular weight excluding hydrogens is 312 g/mol. The van der Waals surface area contributed by atoms with Crippen LogP contribution in [0.25, 0.3) is 0 Å². The Morgan fingerprint density at radius 1 is 1.24 bits per heavy atom. The lowest BCUT2D eigenvalue weighted by Gasteiger charge is -2.35. The molecule has 1 saturated heterocycles. The van der Waals surface area contributed by atoms with Gasteiger partial charge in [0.05, 0.1) is 12.2 Å². The Morgan fingerprint density at radius 2 is 2.04 bits per heavy atom. The average molecular weight is 349 g/mol. The highest BCUT2D eigenvalue weighted by Crippen LogP contribution is 2.18. The Hall–Kier alpha value is -1.56. The molecule has 0 aromatic carbocycles. The van der Waals surface area contributed by atoms with Gasteiger partial charge >= 0.3 is 0 Å². The third-order valence-corrected chi connectivity index (χ3v) is 5.31. The van der Waals surface area contributed by atoms with Crippen molar-refractivity contribution in [1.29, 1.82) is 0 Å². The van der Waals surface area contributed by atoms with Crippen LogP contribution in [0.3, 0.4) is 0 Å². The predicted octanol–water partition coefficient (Wildman–Crippen LogP) is 2.36. The van der Waals surface area contributed by atoms with Crippen LogP contribution in [0.1, 0.15) is 56.5 Å². The minimum Gasteiger partial charge on any atom is -0.357 e. The first-order chi connectivity index (χ1) is 12.1. The Labute approximate surface area is 153 Å². The summed E-state index contributed by atoms with van der Waals surface area (Å²) in [6.45, 7) is 13.4. The van der Waals surface area contributed by atoms with Crippen molar-refractivity contribution in [2.75, 3.05) is 26.2 Å². The van der Waals surface area contributed by atoms with Crippen molar-refractivity contribution >= 4 is 5.96 Å². The van der Waals surface area contributed by atoms with Gasteiger partial charge in [0.15, 0.2) is 5.96 Å². The van der Waals surface area contributed by atoms with Crippen molar-refractivity contribution in [2.24, 2.45) is 12.0 Å². The molecule has 1 atom stereocenters. The van der Waals surface area contributed by atoms with E-state index in [4.69, 9.17) is 4.99 Å². The van der Waals surface area contributed by atoms with Crippen LogP contribution >= 0.6 is 0 Å². The van der Waals surface area contributed by atoms with Gasteiger partial charge in [0, 0.05) is 44.0 Å². The topological polar surface area (TPSA) is 57.5 Å². The summed E-state index contributed by atoms with van der Waals surface area (Å²) >= 11 is 0. The number of guanidine groups is 1. The lowest BCUT2D eigenvalue weighted by atomic mass is 10.0. The van der Waals surface area contributed by atoms with Gasteiger partial charge in [-0.3, -0.25) is 9.58 Å². The van der Waals surface area contributed by atoms with Crippen molar-refractivity contribution < 1.29 is 0 Å². The second-order valence-corrected chi connectivity index (χ2v) is 6.99. The second-order valence-electron chi connectivity index (χ2n) is 6.99. The monoisotopic (exact) mass is 348 g/mol. The van der Waals surface area contributed by atoms with Crippen LogP contribution in [0.15, 0.2) is 4.99 Å². The zero-order valence-corrected chi connectivity index (χ0v) is 16.7. The zero-order valence-electron chi connectivity index (χ0n) is 16.7. The lowest BCUT2D eigenvalue weighted by Crippen LogP contribution is -2.45. The molecule has 25 heavy (non-hydrogen) atoms. The molecule has 1 aromatic rings. The van der Waals surface area contributed by atoms with E-state index in [-0.39, 0.29) is 0 Å². The van der Waals surface area contributed by atoms with Crippen LogP contribution < -0.4 is 10.6 Å². The smallest absolute Gasteiger partial charge is 0.191 e. The number of piperidine rings is 1. The second kappa shape index (κ2) is 9.80. The Balaban J connectivity index is 1.89. The number of nitrogens with one attached hydrogen (secondary N) is 2. The molecule has 2 N–H and O–H groups in total. The van der Waals surface area contributed by atoms with Gasteiger partial charge in [-0.25, -0.2) is 4.99 Å². The molecular formula is C19H36N6. The summed E-state index contributed by atoms with van der Waals surface area (Å²) in [7, 11) is 1.99. The predicted molar refractivity (Wildman–Crippen MR) is 105 cm³/mol. The minimum absolute atomic E-state index is 0.669. The highest BCUT2D eigenvalue weighted by Gasteiger charge is 2.20. The van der Waals surface area contributed by atoms with E-state index >= 15 is 0 Å². The summed E-state index contributed by atoms with van der Waals surface area (Å²) < 4.78 is 1.93. The number of rotatable bonds is 7. The van der Waals surface area contributed by atoms with Crippen LogP contribution in [0.5, 0.6) is 0 Å². The largest absolute Gasteiger partial charge is 0.357 e. The van der Waals surface area contributed by atoms with Gasteiger partial charge < -0.3 is 10.6 Å². The maximum atomic E-state index is 4.76. The summed E-state index contributed by atoms with van der Waals surface area (Å²) in [6.07, 6.45) is 5.33. The van der Waals surface area contributed by atoms with E-state index in [2.05, 4.69) is 48.3 Å². The number of aromatic nitrogens is 2. The summed E-state index contributed by atoms with van der Waals surface area (Å²) in [6, 6.07) is 0.760. The lowest BCUT2D eigenvalue weighted by molar-refractivity contribution is 0.147. The summed E-state index contributed by atoms with van der Waals surface area (Å²) in [5.74, 6) is 0.898. The average Bonchev–Trinajstić information content (AvgIpc) is 2.85. The van der Waals surface area contributed by atoms with Crippen LogP contribution in [0.2, 0.25) is 0 Å². The van der Waals surface area contributed by atoms with E-state index in [1.807, 2.05) is 11.7 Å².